The second-order valence-electron chi connectivity index (χ2n) is 6.96. The van der Waals surface area contributed by atoms with Gasteiger partial charge in [0.15, 0.2) is 3.95 Å². The summed E-state index contributed by atoms with van der Waals surface area (Å²) in [5.74, 6) is -0.0901. The van der Waals surface area contributed by atoms with Crippen molar-refractivity contribution in [3.63, 3.8) is 0 Å². The fourth-order valence-electron chi connectivity index (χ4n) is 2.39. The molecule has 9 heteroatoms. The van der Waals surface area contributed by atoms with Gasteiger partial charge in [-0.15, -0.1) is 5.10 Å². The summed E-state index contributed by atoms with van der Waals surface area (Å²) in [4.78, 5) is 25.2. The van der Waals surface area contributed by atoms with Crippen LogP contribution in [0.5, 0.6) is 0 Å². The van der Waals surface area contributed by atoms with Gasteiger partial charge in [0, 0.05) is 19.2 Å². The lowest BCUT2D eigenvalue weighted by atomic mass is 9.86. The van der Waals surface area contributed by atoms with Crippen LogP contribution in [-0.2, 0) is 16.6 Å². The number of benzene rings is 1. The summed E-state index contributed by atoms with van der Waals surface area (Å²) in [6, 6.07) is 5.22. The average Bonchev–Trinajstić information content (AvgIpc) is 2.97. The number of H-pyrrole nitrogens is 1. The summed E-state index contributed by atoms with van der Waals surface area (Å²) in [7, 11) is 1.66. The van der Waals surface area contributed by atoms with Gasteiger partial charge in [-0.1, -0.05) is 44.2 Å². The Bertz CT molecular complexity index is 867. The number of carbonyl (C=O) groups is 2. The van der Waals surface area contributed by atoms with Gasteiger partial charge in [-0.25, -0.2) is 4.79 Å². The van der Waals surface area contributed by atoms with E-state index in [4.69, 9.17) is 18.0 Å². The van der Waals surface area contributed by atoms with E-state index in [-0.39, 0.29) is 17.7 Å². The van der Waals surface area contributed by atoms with Crippen LogP contribution < -0.4 is 16.0 Å². The first-order chi connectivity index (χ1) is 12.1. The molecule has 1 aromatic carbocycles. The number of amides is 3. The van der Waals surface area contributed by atoms with Crippen LogP contribution in [0.4, 0.5) is 15.6 Å². The van der Waals surface area contributed by atoms with Crippen LogP contribution in [0.15, 0.2) is 18.2 Å². The number of primary amides is 1. The van der Waals surface area contributed by atoms with E-state index in [1.165, 1.54) is 16.2 Å². The maximum absolute atomic E-state index is 12.4. The number of nitrogens with one attached hydrogen (secondary N) is 2. The predicted octanol–water partition coefficient (Wildman–Crippen LogP) is 3.58. The van der Waals surface area contributed by atoms with Crippen molar-refractivity contribution in [2.45, 2.75) is 39.0 Å². The van der Waals surface area contributed by atoms with Crippen molar-refractivity contribution in [2.75, 3.05) is 17.3 Å². The van der Waals surface area contributed by atoms with Crippen LogP contribution in [-0.4, -0.2) is 29.2 Å². The molecule has 0 aliphatic carbocycles. The first-order valence-electron chi connectivity index (χ1n) is 8.10. The van der Waals surface area contributed by atoms with E-state index in [2.05, 4.69) is 36.3 Å². The smallest absolute Gasteiger partial charge is 0.316 e. The Labute approximate surface area is 161 Å². The van der Waals surface area contributed by atoms with E-state index in [0.717, 1.165) is 11.1 Å². The molecule has 0 fully saturated rings. The highest BCUT2D eigenvalue weighted by molar-refractivity contribution is 7.73. The summed E-state index contributed by atoms with van der Waals surface area (Å²) in [6.45, 7) is 6.27. The van der Waals surface area contributed by atoms with Crippen molar-refractivity contribution >= 4 is 46.3 Å². The lowest BCUT2D eigenvalue weighted by molar-refractivity contribution is -0.118. The van der Waals surface area contributed by atoms with Gasteiger partial charge in [0.25, 0.3) is 0 Å². The zero-order chi connectivity index (χ0) is 19.5. The Morgan fingerprint density at radius 1 is 1.38 bits per heavy atom. The topological polar surface area (TPSA) is 104 Å². The molecule has 0 radical (unpaired) electrons. The predicted molar refractivity (Wildman–Crippen MR) is 107 cm³/mol. The molecular weight excluding hydrogens is 370 g/mol. The molecule has 3 amide bonds. The van der Waals surface area contributed by atoms with Crippen LogP contribution >= 0.6 is 23.6 Å². The monoisotopic (exact) mass is 393 g/mol. The van der Waals surface area contributed by atoms with Gasteiger partial charge in [0.2, 0.25) is 11.0 Å². The molecule has 7 nitrogen and oxygen atoms in total. The van der Waals surface area contributed by atoms with E-state index < -0.39 is 6.03 Å². The summed E-state index contributed by atoms with van der Waals surface area (Å²) in [5, 5.41) is 9.85. The Morgan fingerprint density at radius 2 is 2.08 bits per heavy atom. The minimum Gasteiger partial charge on any atom is -0.351 e. The van der Waals surface area contributed by atoms with Gasteiger partial charge in [-0.3, -0.25) is 14.8 Å². The summed E-state index contributed by atoms with van der Waals surface area (Å²) in [6.07, 6.45) is 0.740. The number of hydrogen-bond acceptors (Lipinski definition) is 5. The van der Waals surface area contributed by atoms with Crippen molar-refractivity contribution in [3.8, 4) is 0 Å². The standard InChI is InChI=1S/C17H23N5O2S2/c1-17(2,3)11-7-5-10(12(9-11)19-14(18)24)6-8-13(23)22(4)15-20-21-16(25)26-15/h5,7,9H,6,8H2,1-4H3,(H,21,25)(H3,18,19,24). The molecule has 0 aliphatic heterocycles. The number of aromatic amines is 1. The number of urea groups is 1. The number of anilines is 2. The van der Waals surface area contributed by atoms with Crippen LogP contribution in [0.1, 0.15) is 38.3 Å². The molecule has 0 unspecified atom stereocenters. The van der Waals surface area contributed by atoms with Gasteiger partial charge >= 0.3 is 6.03 Å². The molecule has 2 aromatic rings. The molecule has 26 heavy (non-hydrogen) atoms. The fourth-order valence-corrected chi connectivity index (χ4v) is 3.25. The maximum atomic E-state index is 12.4. The molecule has 140 valence electrons. The molecule has 0 spiro atoms. The average molecular weight is 394 g/mol. The summed E-state index contributed by atoms with van der Waals surface area (Å²) >= 11 is 6.23. The molecule has 1 heterocycles. The fraction of sp³-hybridized carbons (Fsp3) is 0.412. The van der Waals surface area contributed by atoms with Gasteiger partial charge in [0.05, 0.1) is 0 Å². The van der Waals surface area contributed by atoms with Crippen LogP contribution in [0.2, 0.25) is 0 Å². The largest absolute Gasteiger partial charge is 0.351 e. The zero-order valence-corrected chi connectivity index (χ0v) is 16.9. The molecule has 0 bridgehead atoms. The number of nitrogens with two attached hydrogens (primary N) is 1. The van der Waals surface area contributed by atoms with Crippen molar-refractivity contribution in [1.29, 1.82) is 0 Å². The molecule has 1 aromatic heterocycles. The number of aryl methyl sites for hydroxylation is 1. The first kappa shape index (κ1) is 20.1. The molecule has 0 atom stereocenters. The Hall–Kier alpha value is -2.26. The number of carbonyl (C=O) groups excluding carboxylic acids is 2. The molecule has 0 saturated carbocycles. The third kappa shape index (κ3) is 5.12. The molecular formula is C17H23N5O2S2. The van der Waals surface area contributed by atoms with Crippen LogP contribution in [0.3, 0.4) is 0 Å². The maximum Gasteiger partial charge on any atom is 0.316 e. The van der Waals surface area contributed by atoms with Crippen molar-refractivity contribution in [2.24, 2.45) is 5.73 Å². The third-order valence-corrected chi connectivity index (χ3v) is 5.10. The molecule has 4 N–H and O–H groups in total. The van der Waals surface area contributed by atoms with Crippen LogP contribution in [0, 0.1) is 3.95 Å². The lowest BCUT2D eigenvalue weighted by Gasteiger charge is -2.21. The summed E-state index contributed by atoms with van der Waals surface area (Å²) < 4.78 is 0.519. The lowest BCUT2D eigenvalue weighted by Crippen LogP contribution is -2.26. The molecule has 2 rings (SSSR count). The van der Waals surface area contributed by atoms with E-state index in [1.54, 1.807) is 7.05 Å². The number of rotatable bonds is 5. The van der Waals surface area contributed by atoms with Crippen molar-refractivity contribution in [3.05, 3.63) is 33.3 Å². The van der Waals surface area contributed by atoms with E-state index in [1.807, 2.05) is 18.2 Å². The highest BCUT2D eigenvalue weighted by Gasteiger charge is 2.18. The van der Waals surface area contributed by atoms with Crippen molar-refractivity contribution < 1.29 is 9.59 Å². The quantitative estimate of drug-likeness (QED) is 0.675. The second kappa shape index (κ2) is 7.96. The third-order valence-electron chi connectivity index (χ3n) is 3.93. The molecule has 0 aliphatic rings. The number of nitrogens with zero attached hydrogens (tertiary/aromatic N) is 2. The van der Waals surface area contributed by atoms with Gasteiger partial charge < -0.3 is 11.1 Å². The Morgan fingerprint density at radius 3 is 2.62 bits per heavy atom. The Kier molecular flexibility index (Phi) is 6.14. The van der Waals surface area contributed by atoms with Crippen LogP contribution in [0.25, 0.3) is 0 Å². The SMILES string of the molecule is CN(C(=O)CCc1ccc(C(C)(C)C)cc1NC(N)=O)c1n[nH]c(=S)s1. The molecule has 0 saturated heterocycles. The highest BCUT2D eigenvalue weighted by atomic mass is 32.1. The van der Waals surface area contributed by atoms with E-state index in [0.29, 0.717) is 21.2 Å². The van der Waals surface area contributed by atoms with Gasteiger partial charge in [0.1, 0.15) is 0 Å². The minimum atomic E-state index is -0.628. The summed E-state index contributed by atoms with van der Waals surface area (Å²) in [5.41, 5.74) is 7.79. The normalized spacial score (nSPS) is 11.2. The van der Waals surface area contributed by atoms with Gasteiger partial charge in [-0.2, -0.15) is 0 Å². The highest BCUT2D eigenvalue weighted by Crippen LogP contribution is 2.28. The van der Waals surface area contributed by atoms with E-state index >= 15 is 0 Å². The van der Waals surface area contributed by atoms with E-state index in [9.17, 15) is 9.59 Å². The second-order valence-corrected chi connectivity index (χ2v) is 8.60. The Balaban J connectivity index is 2.16. The number of hydrogen-bond donors (Lipinski definition) is 3. The number of aromatic nitrogens is 2. The minimum absolute atomic E-state index is 0.0636. The zero-order valence-electron chi connectivity index (χ0n) is 15.3. The first-order valence-corrected chi connectivity index (χ1v) is 9.32. The van der Waals surface area contributed by atoms with Crippen molar-refractivity contribution in [1.82, 2.24) is 10.2 Å². The van der Waals surface area contributed by atoms with Gasteiger partial charge in [-0.05, 0) is 41.2 Å².